The third kappa shape index (κ3) is 4.44. The molecule has 0 aromatic heterocycles. The van der Waals surface area contributed by atoms with E-state index in [1.165, 1.54) is 10.8 Å². The van der Waals surface area contributed by atoms with Crippen LogP contribution in [0.2, 0.25) is 0 Å². The molecule has 0 saturated heterocycles. The number of anilines is 1. The highest BCUT2D eigenvalue weighted by Crippen LogP contribution is 2.20. The standard InChI is InChI=1S/C19H18N2OS/c23-19(21-17-8-2-1-3-9-17)20-12-13-22-18-11-10-15-6-4-5-7-16(15)14-18/h1-11,14H,12-13H2,(H2,20,21,23). The van der Waals surface area contributed by atoms with E-state index < -0.39 is 0 Å². The van der Waals surface area contributed by atoms with Crippen LogP contribution in [0.25, 0.3) is 10.8 Å². The maximum atomic E-state index is 5.76. The first-order chi connectivity index (χ1) is 11.3. The van der Waals surface area contributed by atoms with Gasteiger partial charge in [-0.15, -0.1) is 0 Å². The highest BCUT2D eigenvalue weighted by molar-refractivity contribution is 7.80. The zero-order chi connectivity index (χ0) is 15.9. The fraction of sp³-hybridized carbons (Fsp3) is 0.105. The van der Waals surface area contributed by atoms with E-state index in [-0.39, 0.29) is 0 Å². The molecule has 116 valence electrons. The van der Waals surface area contributed by atoms with E-state index in [0.717, 1.165) is 11.4 Å². The van der Waals surface area contributed by atoms with E-state index in [2.05, 4.69) is 34.9 Å². The van der Waals surface area contributed by atoms with Gasteiger partial charge < -0.3 is 15.4 Å². The minimum atomic E-state index is 0.551. The van der Waals surface area contributed by atoms with E-state index in [0.29, 0.717) is 18.3 Å². The van der Waals surface area contributed by atoms with Crippen molar-refractivity contribution in [3.63, 3.8) is 0 Å². The molecule has 3 aromatic carbocycles. The number of hydrogen-bond acceptors (Lipinski definition) is 2. The summed E-state index contributed by atoms with van der Waals surface area (Å²) >= 11 is 5.25. The number of benzene rings is 3. The summed E-state index contributed by atoms with van der Waals surface area (Å²) in [6, 6.07) is 24.2. The van der Waals surface area contributed by atoms with Crippen molar-refractivity contribution in [2.24, 2.45) is 0 Å². The Morgan fingerprint density at radius 1 is 0.870 bits per heavy atom. The SMILES string of the molecule is S=C(NCCOc1ccc2ccccc2c1)Nc1ccccc1. The summed E-state index contributed by atoms with van der Waals surface area (Å²) in [5.41, 5.74) is 0.973. The number of nitrogens with one attached hydrogen (secondary N) is 2. The third-order valence-corrected chi connectivity index (χ3v) is 3.66. The van der Waals surface area contributed by atoms with Gasteiger partial charge in [-0.1, -0.05) is 48.5 Å². The van der Waals surface area contributed by atoms with Gasteiger partial charge in [0.15, 0.2) is 5.11 Å². The quantitative estimate of drug-likeness (QED) is 0.545. The summed E-state index contributed by atoms with van der Waals surface area (Å²) in [5, 5.41) is 9.25. The molecule has 0 fully saturated rings. The van der Waals surface area contributed by atoms with Crippen LogP contribution in [0.1, 0.15) is 0 Å². The molecule has 0 atom stereocenters. The van der Waals surface area contributed by atoms with E-state index in [1.807, 2.05) is 48.5 Å². The van der Waals surface area contributed by atoms with Crippen molar-refractivity contribution in [3.05, 3.63) is 72.8 Å². The number of rotatable bonds is 5. The number of thiocarbonyl (C=S) groups is 1. The second-order valence-electron chi connectivity index (χ2n) is 5.10. The molecule has 3 rings (SSSR count). The minimum absolute atomic E-state index is 0.551. The number of fused-ring (bicyclic) bond motifs is 1. The van der Waals surface area contributed by atoms with Gasteiger partial charge in [0.05, 0.1) is 6.54 Å². The topological polar surface area (TPSA) is 33.3 Å². The summed E-state index contributed by atoms with van der Waals surface area (Å²) in [6.07, 6.45) is 0. The second kappa shape index (κ2) is 7.61. The molecule has 3 nitrogen and oxygen atoms in total. The normalized spacial score (nSPS) is 10.3. The average molecular weight is 322 g/mol. The van der Waals surface area contributed by atoms with Gasteiger partial charge in [-0.05, 0) is 47.3 Å². The summed E-state index contributed by atoms with van der Waals surface area (Å²) < 4.78 is 5.76. The Morgan fingerprint density at radius 3 is 2.43 bits per heavy atom. The molecule has 2 N–H and O–H groups in total. The van der Waals surface area contributed by atoms with Crippen LogP contribution < -0.4 is 15.4 Å². The van der Waals surface area contributed by atoms with Crippen LogP contribution in [-0.4, -0.2) is 18.3 Å². The van der Waals surface area contributed by atoms with Crippen molar-refractivity contribution in [2.45, 2.75) is 0 Å². The second-order valence-corrected chi connectivity index (χ2v) is 5.51. The molecule has 3 aromatic rings. The Labute approximate surface area is 141 Å². The number of para-hydroxylation sites is 1. The maximum absolute atomic E-state index is 5.76. The molecule has 0 bridgehead atoms. The Bertz CT molecular complexity index is 789. The molecule has 0 aliphatic carbocycles. The van der Waals surface area contributed by atoms with Gasteiger partial charge >= 0.3 is 0 Å². The Hall–Kier alpha value is -2.59. The molecule has 23 heavy (non-hydrogen) atoms. The van der Waals surface area contributed by atoms with Gasteiger partial charge in [0.2, 0.25) is 0 Å². The first-order valence-corrected chi connectivity index (χ1v) is 7.93. The summed E-state index contributed by atoms with van der Waals surface area (Å²) in [5.74, 6) is 0.868. The molecule has 0 spiro atoms. The predicted octanol–water partition coefficient (Wildman–Crippen LogP) is 4.21. The summed E-state index contributed by atoms with van der Waals surface area (Å²) in [4.78, 5) is 0. The number of hydrogen-bond donors (Lipinski definition) is 2. The van der Waals surface area contributed by atoms with Crippen LogP contribution in [-0.2, 0) is 0 Å². The molecule has 4 heteroatoms. The lowest BCUT2D eigenvalue weighted by Crippen LogP contribution is -2.31. The van der Waals surface area contributed by atoms with Crippen LogP contribution in [0.15, 0.2) is 72.8 Å². The summed E-state index contributed by atoms with van der Waals surface area (Å²) in [7, 11) is 0. The fourth-order valence-electron chi connectivity index (χ4n) is 2.29. The van der Waals surface area contributed by atoms with Crippen molar-refractivity contribution in [1.82, 2.24) is 5.32 Å². The molecule has 0 radical (unpaired) electrons. The lowest BCUT2D eigenvalue weighted by atomic mass is 10.1. The Morgan fingerprint density at radius 2 is 1.61 bits per heavy atom. The highest BCUT2D eigenvalue weighted by Gasteiger charge is 1.99. The molecule has 0 aliphatic heterocycles. The van der Waals surface area contributed by atoms with Crippen LogP contribution in [0.5, 0.6) is 5.75 Å². The van der Waals surface area contributed by atoms with Crippen molar-refractivity contribution in [3.8, 4) is 5.75 Å². The van der Waals surface area contributed by atoms with E-state index in [9.17, 15) is 0 Å². The van der Waals surface area contributed by atoms with Crippen LogP contribution in [0.3, 0.4) is 0 Å². The first-order valence-electron chi connectivity index (χ1n) is 7.53. The van der Waals surface area contributed by atoms with Gasteiger partial charge in [0.25, 0.3) is 0 Å². The van der Waals surface area contributed by atoms with Crippen LogP contribution in [0.4, 0.5) is 5.69 Å². The van der Waals surface area contributed by atoms with Crippen LogP contribution >= 0.6 is 12.2 Å². The minimum Gasteiger partial charge on any atom is -0.492 e. The fourth-order valence-corrected chi connectivity index (χ4v) is 2.51. The van der Waals surface area contributed by atoms with Gasteiger partial charge in [-0.2, -0.15) is 0 Å². The molecular formula is C19H18N2OS. The highest BCUT2D eigenvalue weighted by atomic mass is 32.1. The molecule has 0 aliphatic rings. The van der Waals surface area contributed by atoms with Crippen molar-refractivity contribution in [1.29, 1.82) is 0 Å². The van der Waals surface area contributed by atoms with Gasteiger partial charge in [0, 0.05) is 5.69 Å². The van der Waals surface area contributed by atoms with Gasteiger partial charge in [0.1, 0.15) is 12.4 Å². The molecule has 0 saturated carbocycles. The third-order valence-electron chi connectivity index (χ3n) is 3.41. The van der Waals surface area contributed by atoms with Crippen molar-refractivity contribution >= 4 is 33.8 Å². The lowest BCUT2D eigenvalue weighted by Gasteiger charge is -2.11. The van der Waals surface area contributed by atoms with E-state index >= 15 is 0 Å². The average Bonchev–Trinajstić information content (AvgIpc) is 2.59. The maximum Gasteiger partial charge on any atom is 0.170 e. The lowest BCUT2D eigenvalue weighted by molar-refractivity contribution is 0.323. The Balaban J connectivity index is 1.44. The summed E-state index contributed by atoms with van der Waals surface area (Å²) in [6.45, 7) is 1.19. The van der Waals surface area contributed by atoms with E-state index in [4.69, 9.17) is 17.0 Å². The van der Waals surface area contributed by atoms with Crippen molar-refractivity contribution < 1.29 is 4.74 Å². The van der Waals surface area contributed by atoms with Crippen molar-refractivity contribution in [2.75, 3.05) is 18.5 Å². The van der Waals surface area contributed by atoms with E-state index in [1.54, 1.807) is 0 Å². The predicted molar refractivity (Wildman–Crippen MR) is 100 cm³/mol. The Kier molecular flexibility index (Phi) is 5.06. The smallest absolute Gasteiger partial charge is 0.170 e. The monoisotopic (exact) mass is 322 g/mol. The zero-order valence-corrected chi connectivity index (χ0v) is 13.5. The van der Waals surface area contributed by atoms with Gasteiger partial charge in [-0.25, -0.2) is 0 Å². The molecule has 0 heterocycles. The van der Waals surface area contributed by atoms with Crippen LogP contribution in [0, 0.1) is 0 Å². The zero-order valence-electron chi connectivity index (χ0n) is 12.7. The van der Waals surface area contributed by atoms with Gasteiger partial charge in [-0.3, -0.25) is 0 Å². The molecule has 0 unspecified atom stereocenters. The molecular weight excluding hydrogens is 304 g/mol. The largest absolute Gasteiger partial charge is 0.492 e. The molecule has 0 amide bonds. The number of ether oxygens (including phenoxy) is 1. The first kappa shape index (κ1) is 15.3.